The molecule has 498 valence electrons. The second-order valence-electron chi connectivity index (χ2n) is 34.6. The molecule has 0 spiro atoms. The average Bonchev–Trinajstić information content (AvgIpc) is 0.881. The zero-order valence-electron chi connectivity index (χ0n) is 60.6. The molecule has 0 aliphatic carbocycles. The van der Waals surface area contributed by atoms with E-state index < -0.39 is 0 Å². The van der Waals surface area contributed by atoms with Crippen molar-refractivity contribution >= 4 is 0 Å². The van der Waals surface area contributed by atoms with E-state index in [1.807, 2.05) is 0 Å². The molecular weight excluding hydrogens is 1150 g/mol. The van der Waals surface area contributed by atoms with E-state index in [0.29, 0.717) is 84.6 Å². The zero-order valence-corrected chi connectivity index (χ0v) is 60.6. The summed E-state index contributed by atoms with van der Waals surface area (Å²) >= 11 is 0. The van der Waals surface area contributed by atoms with Crippen molar-refractivity contribution in [2.45, 2.75) is 241 Å². The van der Waals surface area contributed by atoms with Gasteiger partial charge in [-0.2, -0.15) is 0 Å². The highest BCUT2D eigenvalue weighted by atomic mass is 16.5. The van der Waals surface area contributed by atoms with Crippen molar-refractivity contribution in [2.75, 3.05) is 39.6 Å². The van der Waals surface area contributed by atoms with Crippen LogP contribution in [-0.2, 0) is 87.6 Å². The van der Waals surface area contributed by atoms with E-state index in [2.05, 4.69) is 230 Å². The van der Waals surface area contributed by atoms with Gasteiger partial charge in [-0.25, -0.2) is 0 Å². The van der Waals surface area contributed by atoms with E-state index in [4.69, 9.17) is 23.7 Å². The van der Waals surface area contributed by atoms with E-state index in [1.165, 1.54) is 22.3 Å². The fraction of sp³-hybridized carbons (Fsp3) is 0.506. The molecule has 0 fully saturated rings. The Kier molecular flexibility index (Phi) is 19.0. The first kappa shape index (κ1) is 68.9. The van der Waals surface area contributed by atoms with Crippen LogP contribution >= 0.6 is 0 Å². The molecule has 0 saturated heterocycles. The third-order valence-corrected chi connectivity index (χ3v) is 19.5. The minimum absolute atomic E-state index is 0.165. The number of benzene rings is 7. The third kappa shape index (κ3) is 15.6. The highest BCUT2D eigenvalue weighted by Crippen LogP contribution is 2.47. The first-order valence-corrected chi connectivity index (χ1v) is 34.5. The summed E-state index contributed by atoms with van der Waals surface area (Å²) in [6.07, 6.45) is 4.37. The summed E-state index contributed by atoms with van der Waals surface area (Å²) in [7, 11) is 0. The van der Waals surface area contributed by atoms with Gasteiger partial charge >= 0.3 is 0 Å². The Hall–Kier alpha value is -6.90. The molecule has 0 amide bonds. The normalized spacial score (nSPS) is 15.8. The monoisotopic (exact) mass is 1260 g/mol. The molecule has 10 rings (SSSR count). The Morgan fingerprint density at radius 2 is 0.366 bits per heavy atom. The summed E-state index contributed by atoms with van der Waals surface area (Å²) in [5, 5.41) is 39.1. The van der Waals surface area contributed by atoms with Crippen LogP contribution in [0.1, 0.15) is 275 Å². The predicted octanol–water partition coefficient (Wildman–Crippen LogP) is 19.7. The van der Waals surface area contributed by atoms with Gasteiger partial charge in [0.25, 0.3) is 0 Å². The number of hydrogen-bond acceptors (Lipinski definition) is 8. The van der Waals surface area contributed by atoms with Crippen LogP contribution in [0.3, 0.4) is 0 Å². The molecule has 3 N–H and O–H groups in total. The van der Waals surface area contributed by atoms with Crippen molar-refractivity contribution < 1.29 is 39.0 Å². The molecule has 3 aliphatic rings. The standard InChI is InChI=1S/C85H110O8/c1-79(2,3)65-37-51-30-53-39-66(80(4,5)6)41-55(73(53)87)32-57-43-68(82(10,11)12)45-59-34-61-47-70(84(16,17)18)49-63-36-64-50-71(85(19,20)21)48-62(78(64)93-29-27-89-26-28-92-77(61)63)35-60-46-69(83(13,14)15)44-58(76(60)91-25-23-22-24-90-75(57)59)33-56-42-67(81(7,8)9)40-54(74(56)88)31-52(38-65)72(51)86/h37-50,86-88H,22-36H2,1-21H3. The number of hydrogen-bond donors (Lipinski definition) is 3. The van der Waals surface area contributed by atoms with E-state index >= 15 is 0 Å². The van der Waals surface area contributed by atoms with Crippen LogP contribution in [0.4, 0.5) is 0 Å². The van der Waals surface area contributed by atoms with Gasteiger partial charge in [-0.3, -0.25) is 0 Å². The van der Waals surface area contributed by atoms with Gasteiger partial charge in [-0.05, 0) is 168 Å². The van der Waals surface area contributed by atoms with Gasteiger partial charge in [0.15, 0.2) is 0 Å². The molecule has 0 saturated carbocycles. The summed E-state index contributed by atoms with van der Waals surface area (Å²) in [6.45, 7) is 49.8. The van der Waals surface area contributed by atoms with Gasteiger partial charge in [-0.15, -0.1) is 0 Å². The largest absolute Gasteiger partial charge is 0.507 e. The molecule has 0 unspecified atom stereocenters. The van der Waals surface area contributed by atoms with Gasteiger partial charge in [-0.1, -0.05) is 230 Å². The van der Waals surface area contributed by atoms with E-state index in [9.17, 15) is 15.3 Å². The lowest BCUT2D eigenvalue weighted by molar-refractivity contribution is 0.0750. The molecular formula is C85H110O8. The van der Waals surface area contributed by atoms with Gasteiger partial charge in [0, 0.05) is 44.9 Å². The second kappa shape index (κ2) is 25.7. The maximum Gasteiger partial charge on any atom is 0.126 e. The van der Waals surface area contributed by atoms with Crippen LogP contribution in [0.5, 0.6) is 40.2 Å². The van der Waals surface area contributed by atoms with Crippen molar-refractivity contribution in [3.8, 4) is 40.2 Å². The topological polar surface area (TPSA) is 107 Å². The lowest BCUT2D eigenvalue weighted by atomic mass is 9.79. The molecule has 7 aromatic carbocycles. The Morgan fingerprint density at radius 1 is 0.215 bits per heavy atom. The molecule has 3 aliphatic heterocycles. The molecule has 0 atom stereocenters. The minimum atomic E-state index is -0.298. The lowest BCUT2D eigenvalue weighted by Gasteiger charge is -2.29. The SMILES string of the molecule is CC(C)(C)c1cc2c(O)c(c1)Cc1cc(C(C)(C)C)cc(c1O)Cc1cc(C(C)(C)C)cc3c1OCCCCOc1c(cc(C(C)(C)C)cc1Cc1cc(C(C)(C)C)cc4c1OCCOCCOc1c(cc(C(C)(C)C)cc1C4)C3)Cc1cc(C(C)(C)C)cc(c1O)C2. The number of phenols is 3. The van der Waals surface area contributed by atoms with Crippen LogP contribution in [0.25, 0.3) is 0 Å². The molecule has 0 radical (unpaired) electrons. The summed E-state index contributed by atoms with van der Waals surface area (Å²) in [5.41, 5.74) is 19.0. The van der Waals surface area contributed by atoms with Crippen molar-refractivity contribution in [1.82, 2.24) is 0 Å². The molecule has 3 heterocycles. The van der Waals surface area contributed by atoms with Crippen LogP contribution in [0.2, 0.25) is 0 Å². The minimum Gasteiger partial charge on any atom is -0.507 e. The molecule has 8 heteroatoms. The Morgan fingerprint density at radius 3 is 0.548 bits per heavy atom. The van der Waals surface area contributed by atoms with Crippen LogP contribution in [-0.4, -0.2) is 55.0 Å². The Balaban J connectivity index is 1.35. The smallest absolute Gasteiger partial charge is 0.126 e. The third-order valence-electron chi connectivity index (χ3n) is 19.5. The summed E-state index contributed by atoms with van der Waals surface area (Å²) in [4.78, 5) is 0. The van der Waals surface area contributed by atoms with Gasteiger partial charge in [0.2, 0.25) is 0 Å². The molecule has 93 heavy (non-hydrogen) atoms. The van der Waals surface area contributed by atoms with Gasteiger partial charge < -0.3 is 39.0 Å². The van der Waals surface area contributed by atoms with Crippen molar-refractivity contribution in [1.29, 1.82) is 0 Å². The maximum absolute atomic E-state index is 13.1. The quantitative estimate of drug-likeness (QED) is 0.138. The predicted molar refractivity (Wildman–Crippen MR) is 383 cm³/mol. The van der Waals surface area contributed by atoms with Gasteiger partial charge in [0.1, 0.15) is 53.5 Å². The second-order valence-corrected chi connectivity index (χ2v) is 34.6. The number of phenolic OH excluding ortho intramolecular Hbond substituents is 3. The van der Waals surface area contributed by atoms with Crippen LogP contribution < -0.4 is 18.9 Å². The summed E-state index contributed by atoms with van der Waals surface area (Å²) < 4.78 is 35.5. The Bertz CT molecular complexity index is 3690. The van der Waals surface area contributed by atoms with Crippen LogP contribution in [0, 0.1) is 0 Å². The first-order valence-electron chi connectivity index (χ1n) is 34.5. The highest BCUT2D eigenvalue weighted by Gasteiger charge is 2.32. The highest BCUT2D eigenvalue weighted by molar-refractivity contribution is 5.62. The maximum atomic E-state index is 13.1. The fourth-order valence-electron chi connectivity index (χ4n) is 13.4. The lowest BCUT2D eigenvalue weighted by Crippen LogP contribution is -2.19. The number of rotatable bonds is 0. The van der Waals surface area contributed by atoms with Crippen molar-refractivity contribution in [3.05, 3.63) is 202 Å². The number of aromatic hydroxyl groups is 3. The van der Waals surface area contributed by atoms with Crippen LogP contribution in [0.15, 0.2) is 84.9 Å². The first-order chi connectivity index (χ1) is 43.2. The molecule has 8 nitrogen and oxygen atoms in total. The van der Waals surface area contributed by atoms with E-state index in [1.54, 1.807) is 0 Å². The zero-order chi connectivity index (χ0) is 67.7. The van der Waals surface area contributed by atoms with Crippen molar-refractivity contribution in [2.24, 2.45) is 0 Å². The Labute approximate surface area is 558 Å². The number of fused-ring (bicyclic) bond motifs is 11. The summed E-state index contributed by atoms with van der Waals surface area (Å²) in [5.74, 6) is 3.90. The summed E-state index contributed by atoms with van der Waals surface area (Å²) in [6, 6.07) is 31.7. The average molecular weight is 1260 g/mol. The fourth-order valence-corrected chi connectivity index (χ4v) is 13.4. The molecule has 7 aromatic rings. The molecule has 0 aromatic heterocycles. The molecule has 14 bridgehead atoms. The van der Waals surface area contributed by atoms with E-state index in [0.717, 1.165) is 118 Å². The van der Waals surface area contributed by atoms with E-state index in [-0.39, 0.29) is 68.0 Å². The van der Waals surface area contributed by atoms with Gasteiger partial charge in [0.05, 0.1) is 26.4 Å². The van der Waals surface area contributed by atoms with Crippen molar-refractivity contribution in [3.63, 3.8) is 0 Å². The number of ether oxygens (including phenoxy) is 5.